The summed E-state index contributed by atoms with van der Waals surface area (Å²) in [4.78, 5) is 75.2. The summed E-state index contributed by atoms with van der Waals surface area (Å²) >= 11 is 0. The molecule has 5 fully saturated rings. The number of ether oxygens (including phenoxy) is 2. The Hall–Kier alpha value is -4.20. The van der Waals surface area contributed by atoms with Crippen molar-refractivity contribution in [1.82, 2.24) is 19.9 Å². The molecule has 2 aromatic rings. The van der Waals surface area contributed by atoms with Crippen molar-refractivity contribution in [2.45, 2.75) is 132 Å². The maximum absolute atomic E-state index is 14.8. The van der Waals surface area contributed by atoms with Crippen LogP contribution in [0.2, 0.25) is 0 Å². The largest absolute Gasteiger partial charge is 0.473 e. The van der Waals surface area contributed by atoms with Crippen LogP contribution >= 0.6 is 0 Å². The van der Waals surface area contributed by atoms with Gasteiger partial charge in [-0.2, -0.15) is 0 Å². The van der Waals surface area contributed by atoms with E-state index in [0.717, 1.165) is 57.8 Å². The van der Waals surface area contributed by atoms with E-state index in [2.05, 4.69) is 21.6 Å². The zero-order chi connectivity index (χ0) is 38.7. The highest BCUT2D eigenvalue weighted by Gasteiger charge is 2.62. The van der Waals surface area contributed by atoms with E-state index in [9.17, 15) is 32.4 Å². The Morgan fingerprint density at radius 1 is 1.00 bits per heavy atom. The molecule has 4 aliphatic carbocycles. The quantitative estimate of drug-likeness (QED) is 0.275. The number of carbonyl (C=O) groups excluding carboxylic acids is 4. The number of amides is 3. The van der Waals surface area contributed by atoms with Crippen molar-refractivity contribution in [1.29, 1.82) is 0 Å². The number of aromatic amines is 1. The topological polar surface area (TPSA) is 181 Å². The lowest BCUT2D eigenvalue weighted by Gasteiger charge is -2.31. The highest BCUT2D eigenvalue weighted by Crippen LogP contribution is 2.50. The third-order valence-electron chi connectivity index (χ3n) is 13.2. The number of sulfonamides is 1. The van der Waals surface area contributed by atoms with Crippen LogP contribution < -0.4 is 20.2 Å². The van der Waals surface area contributed by atoms with Gasteiger partial charge in [0.2, 0.25) is 21.8 Å². The lowest BCUT2D eigenvalue weighted by atomic mass is 9.86. The van der Waals surface area contributed by atoms with Crippen LogP contribution in [0.5, 0.6) is 5.88 Å². The summed E-state index contributed by atoms with van der Waals surface area (Å²) in [5.41, 5.74) is -1.11. The van der Waals surface area contributed by atoms with Crippen molar-refractivity contribution in [3.05, 3.63) is 52.7 Å². The van der Waals surface area contributed by atoms with Crippen LogP contribution in [0.25, 0.3) is 10.9 Å². The molecule has 3 N–H and O–H groups in total. The molecule has 7 atom stereocenters. The Balaban J connectivity index is 1.13. The zero-order valence-electron chi connectivity index (χ0n) is 31.5. The Morgan fingerprint density at radius 3 is 2.47 bits per heavy atom. The number of rotatable bonds is 7. The fourth-order valence-corrected chi connectivity index (χ4v) is 10.8. The van der Waals surface area contributed by atoms with E-state index in [1.54, 1.807) is 6.07 Å². The first-order chi connectivity index (χ1) is 26.3. The smallest absolute Gasteiger partial charge is 0.307 e. The number of nitrogens with one attached hydrogen (secondary N) is 3. The zero-order valence-corrected chi connectivity index (χ0v) is 32.3. The van der Waals surface area contributed by atoms with Crippen molar-refractivity contribution in [2.24, 2.45) is 23.7 Å². The van der Waals surface area contributed by atoms with Crippen molar-refractivity contribution in [2.75, 3.05) is 6.54 Å². The van der Waals surface area contributed by atoms with Crippen molar-refractivity contribution in [3.63, 3.8) is 0 Å². The van der Waals surface area contributed by atoms with Gasteiger partial charge in [-0.05, 0) is 82.8 Å². The predicted octanol–water partition coefficient (Wildman–Crippen LogP) is 4.18. The van der Waals surface area contributed by atoms with E-state index in [1.165, 1.54) is 11.0 Å². The number of benzene rings is 1. The molecule has 296 valence electrons. The van der Waals surface area contributed by atoms with E-state index in [4.69, 9.17) is 9.47 Å². The number of aromatic nitrogens is 1. The second-order valence-electron chi connectivity index (χ2n) is 17.1. The summed E-state index contributed by atoms with van der Waals surface area (Å²) in [5.74, 6) is -2.97. The van der Waals surface area contributed by atoms with Gasteiger partial charge in [-0.15, -0.1) is 6.58 Å². The summed E-state index contributed by atoms with van der Waals surface area (Å²) in [5, 5.41) is 2.76. The fourth-order valence-electron chi connectivity index (χ4n) is 9.48. The van der Waals surface area contributed by atoms with Crippen LogP contribution in [-0.2, 0) is 40.4 Å². The summed E-state index contributed by atoms with van der Waals surface area (Å²) in [6, 6.07) is 6.14. The second-order valence-corrected chi connectivity index (χ2v) is 19.1. The van der Waals surface area contributed by atoms with Gasteiger partial charge in [-0.1, -0.05) is 43.9 Å². The minimum Gasteiger partial charge on any atom is -0.473 e. The van der Waals surface area contributed by atoms with Crippen molar-refractivity contribution in [3.8, 4) is 5.88 Å². The number of esters is 1. The number of pyridine rings is 1. The monoisotopic (exact) mass is 776 g/mol. The minimum absolute atomic E-state index is 0.00339. The Morgan fingerprint density at radius 2 is 1.75 bits per heavy atom. The molecule has 4 saturated carbocycles. The van der Waals surface area contributed by atoms with E-state index in [1.807, 2.05) is 25.1 Å². The van der Waals surface area contributed by atoms with Crippen molar-refractivity contribution >= 4 is 44.6 Å². The first kappa shape index (κ1) is 37.7. The highest BCUT2D eigenvalue weighted by atomic mass is 32.2. The molecule has 2 aliphatic heterocycles. The average Bonchev–Trinajstić information content (AvgIpc) is 4.11. The van der Waals surface area contributed by atoms with Crippen LogP contribution in [-0.4, -0.2) is 77.1 Å². The SMILES string of the molecule is C=C[C@@H]1C[C@]1(NC(=O)[C@@H]1C[C@@H]2CN1C(=O)[C@H](C1CCCC1)CC(=O)O[C@@]1(C)C[C@@H]1CCCCCc1c([nH]c3ccccc3c1=O)O2)C(=O)NS(=O)(=O)C1CC1. The van der Waals surface area contributed by atoms with Gasteiger partial charge in [-0.25, -0.2) is 8.42 Å². The Kier molecular flexibility index (Phi) is 9.86. The van der Waals surface area contributed by atoms with Crippen LogP contribution in [0.4, 0.5) is 0 Å². The molecule has 6 aliphatic rings. The number of fused-ring (bicyclic) bond motifs is 5. The van der Waals surface area contributed by atoms with Gasteiger partial charge < -0.3 is 24.7 Å². The maximum Gasteiger partial charge on any atom is 0.307 e. The second kappa shape index (κ2) is 14.4. The molecule has 0 spiro atoms. The Bertz CT molecular complexity index is 2070. The van der Waals surface area contributed by atoms with Gasteiger partial charge in [0.05, 0.1) is 35.2 Å². The normalized spacial score (nSPS) is 33.0. The highest BCUT2D eigenvalue weighted by molar-refractivity contribution is 7.91. The average molecular weight is 777 g/mol. The van der Waals surface area contributed by atoms with Gasteiger partial charge in [0.15, 0.2) is 11.3 Å². The van der Waals surface area contributed by atoms with Crippen LogP contribution in [0.3, 0.4) is 0 Å². The number of hydrogen-bond donors (Lipinski definition) is 3. The van der Waals surface area contributed by atoms with Crippen LogP contribution in [0, 0.1) is 23.7 Å². The molecular formula is C41H52N4O9S. The molecular weight excluding hydrogens is 725 g/mol. The molecule has 8 rings (SSSR count). The van der Waals surface area contributed by atoms with Crippen LogP contribution in [0.1, 0.15) is 102 Å². The minimum atomic E-state index is -3.90. The third kappa shape index (κ3) is 7.42. The summed E-state index contributed by atoms with van der Waals surface area (Å²) < 4.78 is 40.4. The summed E-state index contributed by atoms with van der Waals surface area (Å²) in [7, 11) is -3.90. The summed E-state index contributed by atoms with van der Waals surface area (Å²) in [6.45, 7) is 5.77. The van der Waals surface area contributed by atoms with Gasteiger partial charge in [-0.3, -0.25) is 28.7 Å². The lowest BCUT2D eigenvalue weighted by molar-refractivity contribution is -0.157. The number of nitrogens with zero attached hydrogens (tertiary/aromatic N) is 1. The molecule has 55 heavy (non-hydrogen) atoms. The molecule has 14 heteroatoms. The fraction of sp³-hybridized carbons (Fsp3) is 0.634. The number of para-hydroxylation sites is 1. The van der Waals surface area contributed by atoms with Gasteiger partial charge in [0.25, 0.3) is 5.91 Å². The molecule has 1 aromatic heterocycles. The predicted molar refractivity (Wildman–Crippen MR) is 203 cm³/mol. The van der Waals surface area contributed by atoms with E-state index >= 15 is 0 Å². The van der Waals surface area contributed by atoms with Gasteiger partial charge >= 0.3 is 5.97 Å². The molecule has 1 saturated heterocycles. The molecule has 0 radical (unpaired) electrons. The first-order valence-electron chi connectivity index (χ1n) is 20.2. The molecule has 3 heterocycles. The number of carbonyl (C=O) groups is 4. The number of H-pyrrole nitrogens is 1. The maximum atomic E-state index is 14.8. The lowest BCUT2D eigenvalue weighted by Crippen LogP contribution is -2.57. The first-order valence-corrected chi connectivity index (χ1v) is 21.7. The summed E-state index contributed by atoms with van der Waals surface area (Å²) in [6.07, 6.45) is 9.94. The van der Waals surface area contributed by atoms with E-state index in [0.29, 0.717) is 41.6 Å². The molecule has 3 amide bonds. The molecule has 0 unspecified atom stereocenters. The Labute approximate surface area is 321 Å². The molecule has 13 nitrogen and oxygen atoms in total. The van der Waals surface area contributed by atoms with Gasteiger partial charge in [0, 0.05) is 23.6 Å². The van der Waals surface area contributed by atoms with Crippen molar-refractivity contribution < 1.29 is 37.1 Å². The van der Waals surface area contributed by atoms with E-state index < -0.39 is 68.2 Å². The standard InChI is InChI=1S/C41H52N4O9S/c1-3-25-22-41(25,39(50)44-55(51,52)28-17-18-28)43-36(48)33-19-27-23-45(33)38(49)31(24-11-7-8-12-24)20-34(46)54-40(2)21-26(40)13-5-4-6-15-30-35(47)29-14-9-10-16-32(29)42-37(30)53-27/h3,9-10,14,16,24-28,31,33H,1,4-8,11-13,15,17-23H2,2H3,(H,42,47)(H,43,48)(H,44,50)/t25-,26+,27-,31+,33+,40+,41-/m1/s1. The molecule has 1 aromatic carbocycles. The van der Waals surface area contributed by atoms with Crippen LogP contribution in [0.15, 0.2) is 41.7 Å². The van der Waals surface area contributed by atoms with Gasteiger partial charge in [0.1, 0.15) is 23.3 Å². The number of hydrogen-bond acceptors (Lipinski definition) is 9. The van der Waals surface area contributed by atoms with E-state index in [-0.39, 0.29) is 49.0 Å². The third-order valence-corrected chi connectivity index (χ3v) is 15.0. The molecule has 2 bridgehead atoms.